The molecule has 0 aliphatic heterocycles. The predicted octanol–water partition coefficient (Wildman–Crippen LogP) is 5.56. The van der Waals surface area contributed by atoms with Crippen molar-refractivity contribution < 1.29 is 0 Å². The molecule has 0 nitrogen and oxygen atoms in total. The van der Waals surface area contributed by atoms with Gasteiger partial charge in [-0.3, -0.25) is 0 Å². The smallest absolute Gasteiger partial charge is 0.0533 e. The topological polar surface area (TPSA) is 0 Å². The lowest BCUT2D eigenvalue weighted by Gasteiger charge is -1.79. The minimum Gasteiger partial charge on any atom is -0.0656 e. The molecule has 0 unspecified atom stereocenters. The lowest BCUT2D eigenvalue weighted by atomic mass is 10.3. The van der Waals surface area contributed by atoms with Gasteiger partial charge in [0, 0.05) is 0 Å². The highest BCUT2D eigenvalue weighted by Gasteiger charge is 1.95. The largest absolute Gasteiger partial charge is 0.0656 e. The Morgan fingerprint density at radius 1 is 0.615 bits per heavy atom. The van der Waals surface area contributed by atoms with E-state index >= 15 is 0 Å². The van der Waals surface area contributed by atoms with Crippen molar-refractivity contribution in [1.82, 2.24) is 0 Å². The molecule has 1 rings (SSSR count). The van der Waals surface area contributed by atoms with Crippen molar-refractivity contribution in [2.75, 3.05) is 0 Å². The Balaban J connectivity index is 0. The Morgan fingerprint density at radius 3 is 0.923 bits per heavy atom. The quantitative estimate of drug-likeness (QED) is 0.529. The van der Waals surface area contributed by atoms with Gasteiger partial charge >= 0.3 is 0 Å². The van der Waals surface area contributed by atoms with Crippen LogP contribution in [-0.4, -0.2) is 0 Å². The van der Waals surface area contributed by atoms with Crippen molar-refractivity contribution in [2.24, 2.45) is 0 Å². The van der Waals surface area contributed by atoms with Gasteiger partial charge in [0.05, 0.1) is 0 Å². The normalized spacial score (nSPS) is 13.8. The average molecular weight is 186 g/mol. The molecule has 1 aliphatic rings. The molecule has 1 saturated carbocycles. The maximum absolute atomic E-state index is 2.21. The van der Waals surface area contributed by atoms with Gasteiger partial charge in [-0.15, -0.1) is 0 Å². The van der Waals surface area contributed by atoms with Crippen molar-refractivity contribution in [1.29, 1.82) is 0 Å². The van der Waals surface area contributed by atoms with Crippen LogP contribution in [0.5, 0.6) is 0 Å². The van der Waals surface area contributed by atoms with Crippen LogP contribution in [-0.2, 0) is 0 Å². The zero-order valence-electron chi connectivity index (χ0n) is 10.4. The van der Waals surface area contributed by atoms with Gasteiger partial charge in [0.25, 0.3) is 0 Å². The Labute approximate surface area is 86.1 Å². The monoisotopic (exact) mass is 186 g/mol. The molecule has 0 heterocycles. The van der Waals surface area contributed by atoms with E-state index in [-0.39, 0.29) is 0 Å². The van der Waals surface area contributed by atoms with E-state index in [4.69, 9.17) is 0 Å². The molecule has 1 aliphatic carbocycles. The summed E-state index contributed by atoms with van der Waals surface area (Å²) in [5.74, 6) is 0. The minimum absolute atomic E-state index is 1.25. The molecule has 0 N–H and O–H groups in total. The van der Waals surface area contributed by atoms with E-state index in [2.05, 4.69) is 27.7 Å². The van der Waals surface area contributed by atoms with Gasteiger partial charge < -0.3 is 0 Å². The highest BCUT2D eigenvalue weighted by Crippen LogP contribution is 2.15. The standard InChI is InChI=1S/C5H10.C5H12.C3H8/c1-2-4-5-3-1;1-3-5-4-2;1-3-2/h1-5H2;3-5H2,1-2H3;3H2,1-2H3. The third-order valence-electron chi connectivity index (χ3n) is 1.96. The average Bonchev–Trinajstić information content (AvgIpc) is 2.64. The summed E-state index contributed by atoms with van der Waals surface area (Å²) in [6.07, 6.45) is 12.8. The second-order valence-corrected chi connectivity index (χ2v) is 3.83. The van der Waals surface area contributed by atoms with Crippen LogP contribution in [0.25, 0.3) is 0 Å². The molecule has 0 heteroatoms. The third kappa shape index (κ3) is 24.5. The van der Waals surface area contributed by atoms with Crippen LogP contribution in [0.15, 0.2) is 0 Å². The maximum Gasteiger partial charge on any atom is -0.0533 e. The third-order valence-corrected chi connectivity index (χ3v) is 1.96. The molecule has 0 radical (unpaired) electrons. The van der Waals surface area contributed by atoms with Crippen LogP contribution < -0.4 is 0 Å². The van der Waals surface area contributed by atoms with Crippen LogP contribution >= 0.6 is 0 Å². The highest BCUT2D eigenvalue weighted by atomic mass is 14.0. The fraction of sp³-hybridized carbons (Fsp3) is 1.00. The van der Waals surface area contributed by atoms with Gasteiger partial charge in [-0.2, -0.15) is 0 Å². The molecule has 0 aromatic carbocycles. The zero-order chi connectivity index (χ0) is 10.4. The molecule has 0 bridgehead atoms. The molecule has 0 saturated heterocycles. The van der Waals surface area contributed by atoms with Crippen LogP contribution in [0.4, 0.5) is 0 Å². The molecule has 0 aromatic heterocycles. The lowest BCUT2D eigenvalue weighted by molar-refractivity contribution is 0.772. The molecule has 1 fully saturated rings. The van der Waals surface area contributed by atoms with Gasteiger partial charge in [0.2, 0.25) is 0 Å². The molecule has 13 heavy (non-hydrogen) atoms. The minimum atomic E-state index is 1.25. The Bertz CT molecular complexity index is 43.4. The second-order valence-electron chi connectivity index (χ2n) is 3.83. The molecule has 82 valence electrons. The maximum atomic E-state index is 2.21. The fourth-order valence-corrected chi connectivity index (χ4v) is 1.24. The number of hydrogen-bond donors (Lipinski definition) is 0. The van der Waals surface area contributed by atoms with E-state index in [1.807, 2.05) is 0 Å². The van der Waals surface area contributed by atoms with Crippen LogP contribution in [0.2, 0.25) is 0 Å². The second kappa shape index (κ2) is 17.9. The summed E-state index contributed by atoms with van der Waals surface area (Å²) in [6, 6.07) is 0. The van der Waals surface area contributed by atoms with Crippen LogP contribution in [0, 0.1) is 0 Å². The lowest BCUT2D eigenvalue weighted by Crippen LogP contribution is -1.59. The first-order valence-electron chi connectivity index (χ1n) is 6.33. The van der Waals surface area contributed by atoms with Crippen LogP contribution in [0.1, 0.15) is 85.5 Å². The van der Waals surface area contributed by atoms with E-state index in [0.717, 1.165) is 0 Å². The SMILES string of the molecule is C1CCCC1.CCC.CCCCC. The molecular weight excluding hydrogens is 156 g/mol. The highest BCUT2D eigenvalue weighted by molar-refractivity contribution is 4.51. The number of unbranched alkanes of at least 4 members (excludes halogenated alkanes) is 2. The van der Waals surface area contributed by atoms with E-state index in [0.29, 0.717) is 0 Å². The Hall–Kier alpha value is 0. The summed E-state index contributed by atoms with van der Waals surface area (Å²) in [5, 5.41) is 0. The summed E-state index contributed by atoms with van der Waals surface area (Å²) in [5.41, 5.74) is 0. The van der Waals surface area contributed by atoms with Crippen molar-refractivity contribution in [2.45, 2.75) is 85.5 Å². The van der Waals surface area contributed by atoms with Crippen molar-refractivity contribution >= 4 is 0 Å². The first-order chi connectivity index (χ1) is 6.33. The van der Waals surface area contributed by atoms with E-state index in [9.17, 15) is 0 Å². The molecular formula is C13H30. The van der Waals surface area contributed by atoms with E-state index in [1.165, 1.54) is 57.8 Å². The van der Waals surface area contributed by atoms with Gasteiger partial charge in [0.1, 0.15) is 0 Å². The summed E-state index contributed by atoms with van der Waals surface area (Å²) in [6.45, 7) is 8.67. The van der Waals surface area contributed by atoms with E-state index in [1.54, 1.807) is 0 Å². The van der Waals surface area contributed by atoms with Crippen molar-refractivity contribution in [3.8, 4) is 0 Å². The summed E-state index contributed by atoms with van der Waals surface area (Å²) >= 11 is 0. The first-order valence-corrected chi connectivity index (χ1v) is 6.33. The van der Waals surface area contributed by atoms with E-state index < -0.39 is 0 Å². The zero-order valence-corrected chi connectivity index (χ0v) is 10.4. The Morgan fingerprint density at radius 2 is 0.846 bits per heavy atom. The summed E-state index contributed by atoms with van der Waals surface area (Å²) in [4.78, 5) is 0. The first kappa shape index (κ1) is 15.5. The molecule has 0 aromatic rings. The van der Waals surface area contributed by atoms with Crippen molar-refractivity contribution in [3.63, 3.8) is 0 Å². The predicted molar refractivity (Wildman–Crippen MR) is 64.2 cm³/mol. The Kier molecular flexibility index (Phi) is 21.3. The van der Waals surface area contributed by atoms with Gasteiger partial charge in [0.15, 0.2) is 0 Å². The molecule has 0 atom stereocenters. The summed E-state index contributed by atoms with van der Waals surface area (Å²) < 4.78 is 0. The summed E-state index contributed by atoms with van der Waals surface area (Å²) in [7, 11) is 0. The molecule has 0 amide bonds. The van der Waals surface area contributed by atoms with Crippen molar-refractivity contribution in [3.05, 3.63) is 0 Å². The van der Waals surface area contributed by atoms with Crippen LogP contribution in [0.3, 0.4) is 0 Å². The van der Waals surface area contributed by atoms with Gasteiger partial charge in [-0.05, 0) is 0 Å². The van der Waals surface area contributed by atoms with Gasteiger partial charge in [-0.25, -0.2) is 0 Å². The van der Waals surface area contributed by atoms with Gasteiger partial charge in [-0.1, -0.05) is 85.5 Å². The fourth-order valence-electron chi connectivity index (χ4n) is 1.24. The number of hydrogen-bond acceptors (Lipinski definition) is 0. The number of rotatable bonds is 2. The molecule has 0 spiro atoms.